The van der Waals surface area contributed by atoms with Gasteiger partial charge < -0.3 is 14.6 Å². The van der Waals surface area contributed by atoms with Gasteiger partial charge in [-0.15, -0.1) is 0 Å². The Morgan fingerprint density at radius 3 is 2.54 bits per heavy atom. The van der Waals surface area contributed by atoms with E-state index in [9.17, 15) is 9.59 Å². The molecule has 0 aliphatic carbocycles. The SMILES string of the molecule is CCOc1ccc2[nH]c3c(c2c1)C[C@@]1(C)C(=O)N(CCN2CCC(C)CC2)C(=O)N1C3c1ccccc1. The number of ether oxygens (including phenoxy) is 1. The fourth-order valence-electron chi connectivity index (χ4n) is 6.45. The summed E-state index contributed by atoms with van der Waals surface area (Å²) < 4.78 is 5.79. The van der Waals surface area contributed by atoms with E-state index in [0.29, 0.717) is 19.6 Å². The van der Waals surface area contributed by atoms with Crippen molar-refractivity contribution in [2.75, 3.05) is 32.8 Å². The Morgan fingerprint density at radius 1 is 1.05 bits per heavy atom. The number of H-pyrrole nitrogens is 1. The van der Waals surface area contributed by atoms with E-state index in [2.05, 4.69) is 22.9 Å². The van der Waals surface area contributed by atoms with Crippen LogP contribution in [0.4, 0.5) is 4.79 Å². The van der Waals surface area contributed by atoms with Crippen molar-refractivity contribution in [2.45, 2.75) is 51.6 Å². The molecular formula is C30H36N4O3. The van der Waals surface area contributed by atoms with Gasteiger partial charge in [0, 0.05) is 36.1 Å². The first-order valence-corrected chi connectivity index (χ1v) is 13.6. The van der Waals surface area contributed by atoms with Crippen LogP contribution < -0.4 is 4.74 Å². The lowest BCUT2D eigenvalue weighted by molar-refractivity contribution is -0.133. The molecule has 37 heavy (non-hydrogen) atoms. The number of aromatic amines is 1. The molecule has 1 aromatic heterocycles. The second-order valence-electron chi connectivity index (χ2n) is 11.1. The van der Waals surface area contributed by atoms with E-state index in [1.807, 2.05) is 61.2 Å². The lowest BCUT2D eigenvalue weighted by Crippen LogP contribution is -2.53. The zero-order chi connectivity index (χ0) is 25.7. The number of rotatable bonds is 6. The van der Waals surface area contributed by atoms with Gasteiger partial charge in [0.05, 0.1) is 6.61 Å². The van der Waals surface area contributed by atoms with Crippen LogP contribution in [-0.4, -0.2) is 69.9 Å². The minimum atomic E-state index is -0.947. The maximum absolute atomic E-state index is 14.0. The first-order valence-electron chi connectivity index (χ1n) is 13.6. The third kappa shape index (κ3) is 3.91. The van der Waals surface area contributed by atoms with Crippen molar-refractivity contribution in [3.05, 3.63) is 65.4 Å². The minimum Gasteiger partial charge on any atom is -0.494 e. The van der Waals surface area contributed by atoms with Gasteiger partial charge in [-0.05, 0) is 75.0 Å². The number of likely N-dealkylation sites (tertiary alicyclic amines) is 1. The van der Waals surface area contributed by atoms with Crippen molar-refractivity contribution in [2.24, 2.45) is 5.92 Å². The summed E-state index contributed by atoms with van der Waals surface area (Å²) in [6.07, 6.45) is 2.82. The van der Waals surface area contributed by atoms with Gasteiger partial charge in [0.1, 0.15) is 17.3 Å². The molecule has 4 heterocycles. The number of carbonyl (C=O) groups excluding carboxylic acids is 2. The topological polar surface area (TPSA) is 68.9 Å². The molecule has 2 atom stereocenters. The van der Waals surface area contributed by atoms with Crippen LogP contribution in [-0.2, 0) is 11.2 Å². The first kappa shape index (κ1) is 24.0. The van der Waals surface area contributed by atoms with Crippen LogP contribution in [0.25, 0.3) is 10.9 Å². The molecule has 3 aromatic rings. The zero-order valence-electron chi connectivity index (χ0n) is 22.0. The van der Waals surface area contributed by atoms with E-state index in [1.165, 1.54) is 17.7 Å². The molecule has 2 fully saturated rings. The van der Waals surface area contributed by atoms with E-state index >= 15 is 0 Å². The molecule has 0 radical (unpaired) electrons. The number of fused-ring (bicyclic) bond motifs is 4. The van der Waals surface area contributed by atoms with Crippen molar-refractivity contribution in [1.29, 1.82) is 0 Å². The Bertz CT molecular complexity index is 1330. The molecule has 7 heteroatoms. The van der Waals surface area contributed by atoms with E-state index < -0.39 is 5.54 Å². The highest BCUT2D eigenvalue weighted by atomic mass is 16.5. The molecule has 6 rings (SSSR count). The molecule has 7 nitrogen and oxygen atoms in total. The predicted octanol–water partition coefficient (Wildman–Crippen LogP) is 4.97. The molecule has 2 saturated heterocycles. The number of piperidine rings is 1. The number of imide groups is 1. The Balaban J connectivity index is 1.39. The van der Waals surface area contributed by atoms with Crippen molar-refractivity contribution < 1.29 is 14.3 Å². The number of benzene rings is 2. The van der Waals surface area contributed by atoms with Crippen LogP contribution in [0, 0.1) is 5.92 Å². The van der Waals surface area contributed by atoms with E-state index in [1.54, 1.807) is 0 Å². The summed E-state index contributed by atoms with van der Waals surface area (Å²) in [5, 5.41) is 1.06. The molecule has 0 saturated carbocycles. The van der Waals surface area contributed by atoms with Gasteiger partial charge in [0.2, 0.25) is 0 Å². The fraction of sp³-hybridized carbons (Fsp3) is 0.467. The van der Waals surface area contributed by atoms with Crippen molar-refractivity contribution in [1.82, 2.24) is 19.7 Å². The normalized spacial score (nSPS) is 24.6. The molecule has 2 aromatic carbocycles. The minimum absolute atomic E-state index is 0.0928. The Kier molecular flexibility index (Phi) is 5.98. The summed E-state index contributed by atoms with van der Waals surface area (Å²) in [4.78, 5) is 37.4. The third-order valence-corrected chi connectivity index (χ3v) is 8.58. The van der Waals surface area contributed by atoms with Gasteiger partial charge in [0.25, 0.3) is 5.91 Å². The maximum Gasteiger partial charge on any atom is 0.328 e. The van der Waals surface area contributed by atoms with Gasteiger partial charge in [-0.25, -0.2) is 4.79 Å². The number of urea groups is 1. The van der Waals surface area contributed by atoms with Crippen LogP contribution in [0.15, 0.2) is 48.5 Å². The maximum atomic E-state index is 14.0. The van der Waals surface area contributed by atoms with E-state index in [-0.39, 0.29) is 18.0 Å². The average Bonchev–Trinajstić information content (AvgIpc) is 3.34. The highest BCUT2D eigenvalue weighted by Crippen LogP contribution is 2.49. The quantitative estimate of drug-likeness (QED) is 0.486. The van der Waals surface area contributed by atoms with Crippen LogP contribution in [0.2, 0.25) is 0 Å². The number of aromatic nitrogens is 1. The van der Waals surface area contributed by atoms with Crippen LogP contribution in [0.3, 0.4) is 0 Å². The van der Waals surface area contributed by atoms with Crippen molar-refractivity contribution in [3.8, 4) is 5.75 Å². The molecule has 1 unspecified atom stereocenters. The molecular weight excluding hydrogens is 464 g/mol. The second-order valence-corrected chi connectivity index (χ2v) is 11.1. The zero-order valence-corrected chi connectivity index (χ0v) is 22.0. The second kappa shape index (κ2) is 9.21. The Labute approximate surface area is 218 Å². The van der Waals surface area contributed by atoms with Crippen molar-refractivity contribution >= 4 is 22.8 Å². The molecule has 1 N–H and O–H groups in total. The van der Waals surface area contributed by atoms with Crippen LogP contribution in [0.5, 0.6) is 5.75 Å². The average molecular weight is 501 g/mol. The first-order chi connectivity index (χ1) is 17.9. The molecule has 0 bridgehead atoms. The number of hydrogen-bond donors (Lipinski definition) is 1. The van der Waals surface area contributed by atoms with Gasteiger partial charge in [-0.1, -0.05) is 37.3 Å². The van der Waals surface area contributed by atoms with Crippen LogP contribution >= 0.6 is 0 Å². The fourth-order valence-corrected chi connectivity index (χ4v) is 6.45. The van der Waals surface area contributed by atoms with E-state index in [4.69, 9.17) is 4.74 Å². The van der Waals surface area contributed by atoms with Gasteiger partial charge >= 0.3 is 6.03 Å². The summed E-state index contributed by atoms with van der Waals surface area (Å²) in [7, 11) is 0. The lowest BCUT2D eigenvalue weighted by Gasteiger charge is -2.42. The molecule has 194 valence electrons. The number of nitrogens with one attached hydrogen (secondary N) is 1. The summed E-state index contributed by atoms with van der Waals surface area (Å²) in [5.74, 6) is 1.47. The number of nitrogens with zero attached hydrogens (tertiary/aromatic N) is 3. The summed E-state index contributed by atoms with van der Waals surface area (Å²) in [5.41, 5.74) is 3.13. The van der Waals surface area contributed by atoms with Crippen LogP contribution in [0.1, 0.15) is 56.5 Å². The summed E-state index contributed by atoms with van der Waals surface area (Å²) in [6.45, 7) is 10.0. The molecule has 3 aliphatic rings. The third-order valence-electron chi connectivity index (χ3n) is 8.58. The monoisotopic (exact) mass is 500 g/mol. The van der Waals surface area contributed by atoms with Gasteiger partial charge in [0.15, 0.2) is 0 Å². The number of hydrogen-bond acceptors (Lipinski definition) is 4. The highest BCUT2D eigenvalue weighted by Gasteiger charge is 2.60. The number of carbonyl (C=O) groups is 2. The summed E-state index contributed by atoms with van der Waals surface area (Å²) in [6, 6.07) is 15.6. The smallest absolute Gasteiger partial charge is 0.328 e. The standard InChI is InChI=1S/C30H36N4O3/c1-4-37-22-10-11-25-23(18-22)24-19-30(3)28(35)33(17-16-32-14-12-20(2)13-15-32)29(36)34(30)27(26(24)31-25)21-8-6-5-7-9-21/h5-11,18,20,27,31H,4,12-17,19H2,1-3H3/t27?,30-/m0/s1. The number of amides is 3. The molecule has 0 spiro atoms. The highest BCUT2D eigenvalue weighted by molar-refractivity contribution is 6.08. The molecule has 3 aliphatic heterocycles. The van der Waals surface area contributed by atoms with Gasteiger partial charge in [-0.3, -0.25) is 14.6 Å². The Morgan fingerprint density at radius 2 is 1.81 bits per heavy atom. The largest absolute Gasteiger partial charge is 0.494 e. The van der Waals surface area contributed by atoms with Gasteiger partial charge in [-0.2, -0.15) is 0 Å². The summed E-state index contributed by atoms with van der Waals surface area (Å²) >= 11 is 0. The predicted molar refractivity (Wildman–Crippen MR) is 144 cm³/mol. The lowest BCUT2D eigenvalue weighted by atomic mass is 9.81. The molecule has 3 amide bonds. The van der Waals surface area contributed by atoms with Crippen molar-refractivity contribution in [3.63, 3.8) is 0 Å². The van der Waals surface area contributed by atoms with E-state index in [0.717, 1.165) is 59.0 Å². The Hall–Kier alpha value is -3.32.